The molecule has 1 amide bonds. The summed E-state index contributed by atoms with van der Waals surface area (Å²) in [6.45, 7) is 9.88. The highest BCUT2D eigenvalue weighted by Gasteiger charge is 2.32. The lowest BCUT2D eigenvalue weighted by Gasteiger charge is -2.36. The molecule has 2 heterocycles. The Morgan fingerprint density at radius 1 is 1.10 bits per heavy atom. The zero-order chi connectivity index (χ0) is 22.6. The summed E-state index contributed by atoms with van der Waals surface area (Å²) in [5.41, 5.74) is 2.26. The average Bonchev–Trinajstić information content (AvgIpc) is 3.10. The van der Waals surface area contributed by atoms with Gasteiger partial charge in [0, 0.05) is 44.8 Å². The number of aromatic nitrogens is 1. The van der Waals surface area contributed by atoms with Crippen LogP contribution in [0.4, 0.5) is 0 Å². The van der Waals surface area contributed by atoms with Gasteiger partial charge in [0.2, 0.25) is 0 Å². The van der Waals surface area contributed by atoms with Crippen molar-refractivity contribution in [3.8, 4) is 5.75 Å². The van der Waals surface area contributed by atoms with Crippen LogP contribution in [0.1, 0.15) is 41.2 Å². The van der Waals surface area contributed by atoms with E-state index in [1.807, 2.05) is 27.7 Å². The molecular weight excluding hydrogens is 420 g/mol. The minimum atomic E-state index is -3.47. The molecule has 1 aliphatic rings. The van der Waals surface area contributed by atoms with Crippen LogP contribution in [0.5, 0.6) is 5.75 Å². The maximum atomic E-state index is 12.8. The van der Waals surface area contributed by atoms with E-state index in [-0.39, 0.29) is 5.91 Å². The zero-order valence-electron chi connectivity index (χ0n) is 18.5. The minimum absolute atomic E-state index is 0.114. The Morgan fingerprint density at radius 3 is 2.23 bits per heavy atom. The third-order valence-corrected chi connectivity index (χ3v) is 7.74. The highest BCUT2D eigenvalue weighted by molar-refractivity contribution is 7.86. The van der Waals surface area contributed by atoms with E-state index in [4.69, 9.17) is 9.26 Å². The number of benzene rings is 1. The smallest absolute Gasteiger partial charge is 0.282 e. The van der Waals surface area contributed by atoms with Gasteiger partial charge in [-0.25, -0.2) is 0 Å². The van der Waals surface area contributed by atoms with Gasteiger partial charge in [0.1, 0.15) is 18.1 Å². The molecule has 3 rings (SSSR count). The van der Waals surface area contributed by atoms with Crippen molar-refractivity contribution in [1.29, 1.82) is 0 Å². The zero-order valence-corrected chi connectivity index (χ0v) is 19.3. The summed E-state index contributed by atoms with van der Waals surface area (Å²) in [7, 11) is -3.47. The second-order valence-corrected chi connectivity index (χ2v) is 9.33. The number of piperazine rings is 1. The fourth-order valence-corrected chi connectivity index (χ4v) is 5.18. The molecule has 0 bridgehead atoms. The Balaban J connectivity index is 1.56. The summed E-state index contributed by atoms with van der Waals surface area (Å²) in [5, 5.41) is 3.91. The molecule has 0 N–H and O–H groups in total. The number of nitrogens with zero attached hydrogens (tertiary/aromatic N) is 4. The first-order chi connectivity index (χ1) is 14.8. The molecule has 1 saturated heterocycles. The molecule has 0 radical (unpaired) electrons. The maximum absolute atomic E-state index is 12.8. The monoisotopic (exact) mass is 450 g/mol. The molecule has 0 spiro atoms. The van der Waals surface area contributed by atoms with Gasteiger partial charge in [-0.15, -0.1) is 0 Å². The predicted molar refractivity (Wildman–Crippen MR) is 116 cm³/mol. The molecule has 0 aliphatic carbocycles. The third-order valence-electron chi connectivity index (χ3n) is 5.55. The topological polar surface area (TPSA) is 96.2 Å². The van der Waals surface area contributed by atoms with Gasteiger partial charge in [-0.05, 0) is 38.1 Å². The van der Waals surface area contributed by atoms with Gasteiger partial charge in [-0.3, -0.25) is 4.79 Å². The van der Waals surface area contributed by atoms with Crippen LogP contribution in [0.15, 0.2) is 28.8 Å². The first-order valence-corrected chi connectivity index (χ1v) is 11.9. The third kappa shape index (κ3) is 5.08. The van der Waals surface area contributed by atoms with E-state index in [0.29, 0.717) is 57.2 Å². The largest absolute Gasteiger partial charge is 0.489 e. The fourth-order valence-electron chi connectivity index (χ4n) is 3.57. The Kier molecular flexibility index (Phi) is 7.34. The van der Waals surface area contributed by atoms with E-state index in [1.165, 1.54) is 8.61 Å². The highest BCUT2D eigenvalue weighted by Crippen LogP contribution is 2.19. The minimum Gasteiger partial charge on any atom is -0.489 e. The molecule has 0 atom stereocenters. The molecule has 2 aromatic rings. The lowest BCUT2D eigenvalue weighted by molar-refractivity contribution is 0.0694. The van der Waals surface area contributed by atoms with Gasteiger partial charge in [0.25, 0.3) is 16.1 Å². The van der Waals surface area contributed by atoms with Crippen LogP contribution in [-0.4, -0.2) is 72.3 Å². The number of ether oxygens (including phenoxy) is 1. The molecule has 170 valence electrons. The number of rotatable bonds is 8. The lowest BCUT2D eigenvalue weighted by atomic mass is 10.1. The van der Waals surface area contributed by atoms with Crippen LogP contribution in [0.3, 0.4) is 0 Å². The van der Waals surface area contributed by atoms with Crippen molar-refractivity contribution in [2.45, 2.75) is 34.3 Å². The summed E-state index contributed by atoms with van der Waals surface area (Å²) in [6.07, 6.45) is 0. The van der Waals surface area contributed by atoms with Crippen molar-refractivity contribution < 1.29 is 22.5 Å². The van der Waals surface area contributed by atoms with E-state index in [2.05, 4.69) is 5.16 Å². The molecule has 1 fully saturated rings. The Labute approximate surface area is 183 Å². The molecule has 10 heteroatoms. The number of aryl methyl sites for hydroxylation is 2. The molecule has 1 aromatic carbocycles. The van der Waals surface area contributed by atoms with Gasteiger partial charge in [0.05, 0.1) is 11.3 Å². The first kappa shape index (κ1) is 23.2. The molecule has 1 aromatic heterocycles. The van der Waals surface area contributed by atoms with Gasteiger partial charge in [-0.2, -0.15) is 17.0 Å². The molecule has 0 saturated carbocycles. The average molecular weight is 451 g/mol. The van der Waals surface area contributed by atoms with Crippen molar-refractivity contribution in [1.82, 2.24) is 18.7 Å². The van der Waals surface area contributed by atoms with Crippen LogP contribution in [0.25, 0.3) is 0 Å². The first-order valence-electron chi connectivity index (χ1n) is 10.5. The SMILES string of the molecule is CCN(CC)S(=O)(=O)N1CCN(C(=O)c2ccc(OCc3c(C)noc3C)cc2)CC1. The summed E-state index contributed by atoms with van der Waals surface area (Å²) in [6, 6.07) is 6.97. The van der Waals surface area contributed by atoms with Gasteiger partial charge < -0.3 is 14.2 Å². The van der Waals surface area contributed by atoms with E-state index in [1.54, 1.807) is 29.2 Å². The highest BCUT2D eigenvalue weighted by atomic mass is 32.2. The van der Waals surface area contributed by atoms with Crippen LogP contribution in [0, 0.1) is 13.8 Å². The van der Waals surface area contributed by atoms with Crippen LogP contribution in [-0.2, 0) is 16.8 Å². The number of carbonyl (C=O) groups excluding carboxylic acids is 1. The van der Waals surface area contributed by atoms with E-state index in [0.717, 1.165) is 17.0 Å². The number of carbonyl (C=O) groups is 1. The van der Waals surface area contributed by atoms with Crippen molar-refractivity contribution in [3.05, 3.63) is 46.8 Å². The molecule has 9 nitrogen and oxygen atoms in total. The molecule has 31 heavy (non-hydrogen) atoms. The van der Waals surface area contributed by atoms with Crippen molar-refractivity contribution in [2.24, 2.45) is 0 Å². The van der Waals surface area contributed by atoms with Gasteiger partial charge >= 0.3 is 0 Å². The van der Waals surface area contributed by atoms with Crippen LogP contribution >= 0.6 is 0 Å². The summed E-state index contributed by atoms with van der Waals surface area (Å²) >= 11 is 0. The summed E-state index contributed by atoms with van der Waals surface area (Å²) in [5.74, 6) is 1.26. The van der Waals surface area contributed by atoms with Gasteiger partial charge in [-0.1, -0.05) is 19.0 Å². The van der Waals surface area contributed by atoms with E-state index in [9.17, 15) is 13.2 Å². The predicted octanol–water partition coefficient (Wildman–Crippen LogP) is 2.21. The quantitative estimate of drug-likeness (QED) is 0.612. The number of amides is 1. The normalized spacial score (nSPS) is 15.5. The van der Waals surface area contributed by atoms with Crippen molar-refractivity contribution in [2.75, 3.05) is 39.3 Å². The van der Waals surface area contributed by atoms with Crippen molar-refractivity contribution in [3.63, 3.8) is 0 Å². The summed E-state index contributed by atoms with van der Waals surface area (Å²) < 4.78 is 39.1. The second kappa shape index (κ2) is 9.80. The summed E-state index contributed by atoms with van der Waals surface area (Å²) in [4.78, 5) is 14.5. The second-order valence-electron chi connectivity index (χ2n) is 7.40. The Bertz CT molecular complexity index is 972. The maximum Gasteiger partial charge on any atom is 0.282 e. The van der Waals surface area contributed by atoms with Crippen molar-refractivity contribution >= 4 is 16.1 Å². The number of hydrogen-bond donors (Lipinski definition) is 0. The van der Waals surface area contributed by atoms with Crippen LogP contribution < -0.4 is 4.74 Å². The molecule has 1 aliphatic heterocycles. The Hall–Kier alpha value is -2.43. The van der Waals surface area contributed by atoms with E-state index < -0.39 is 10.2 Å². The standard InChI is InChI=1S/C21H30N4O5S/c1-5-24(6-2)31(27,28)25-13-11-23(12-14-25)21(26)18-7-9-19(10-8-18)29-15-20-16(3)22-30-17(20)4/h7-10H,5-6,11-15H2,1-4H3. The van der Waals surface area contributed by atoms with Crippen LogP contribution in [0.2, 0.25) is 0 Å². The molecule has 0 unspecified atom stereocenters. The fraction of sp³-hybridized carbons (Fsp3) is 0.524. The Morgan fingerprint density at radius 2 is 1.71 bits per heavy atom. The van der Waals surface area contributed by atoms with E-state index >= 15 is 0 Å². The number of hydrogen-bond acceptors (Lipinski definition) is 6. The molecular formula is C21H30N4O5S. The van der Waals surface area contributed by atoms with Gasteiger partial charge in [0.15, 0.2) is 0 Å². The lowest BCUT2D eigenvalue weighted by Crippen LogP contribution is -2.54.